The number of para-hydroxylation sites is 4. The van der Waals surface area contributed by atoms with Gasteiger partial charge in [0.05, 0.1) is 55.9 Å². The standard InChI is InChI=1S/C62H36N4S/c1-2-15-38-35-57-48(32-37(38)14-1)43-17-3-9-26-54(43)66(57)56-27-11-16-39-33-49-44-18-4-8-25-53(44)65(58(49)36-47(39)56)55-28-13-20-41-42(55)21-12-22-46(41)62-61(63-51-23-6-7-24-52(51)64-62)40-30-31-60-50(34-40)45-19-5-10-29-59(45)67-60/h1-36H. The van der Waals surface area contributed by atoms with Crippen molar-refractivity contribution < 1.29 is 0 Å². The van der Waals surface area contributed by atoms with Crippen molar-refractivity contribution in [2.75, 3.05) is 0 Å². The summed E-state index contributed by atoms with van der Waals surface area (Å²) >= 11 is 1.83. The molecule has 4 heterocycles. The summed E-state index contributed by atoms with van der Waals surface area (Å²) in [5, 5.41) is 14.6. The van der Waals surface area contributed by atoms with Crippen molar-refractivity contribution in [2.24, 2.45) is 0 Å². The second-order valence-electron chi connectivity index (χ2n) is 17.7. The van der Waals surface area contributed by atoms with Crippen molar-refractivity contribution in [3.8, 4) is 33.9 Å². The summed E-state index contributed by atoms with van der Waals surface area (Å²) < 4.78 is 7.51. The van der Waals surface area contributed by atoms with Crippen molar-refractivity contribution in [2.45, 2.75) is 0 Å². The van der Waals surface area contributed by atoms with Gasteiger partial charge in [0.2, 0.25) is 0 Å². The van der Waals surface area contributed by atoms with Gasteiger partial charge in [-0.2, -0.15) is 0 Å². The van der Waals surface area contributed by atoms with Gasteiger partial charge in [-0.3, -0.25) is 0 Å². The van der Waals surface area contributed by atoms with Crippen LogP contribution in [0.3, 0.4) is 0 Å². The van der Waals surface area contributed by atoms with Crippen molar-refractivity contribution in [3.63, 3.8) is 0 Å². The molecule has 0 aliphatic carbocycles. The van der Waals surface area contributed by atoms with E-state index >= 15 is 0 Å². The van der Waals surface area contributed by atoms with Crippen LogP contribution in [0.5, 0.6) is 0 Å². The van der Waals surface area contributed by atoms with Gasteiger partial charge < -0.3 is 9.13 Å². The number of rotatable bonds is 4. The van der Waals surface area contributed by atoms with E-state index in [0.29, 0.717) is 0 Å². The second-order valence-corrected chi connectivity index (χ2v) is 18.8. The van der Waals surface area contributed by atoms with E-state index < -0.39 is 0 Å². The third-order valence-corrected chi connectivity index (χ3v) is 15.2. The Hall–Kier alpha value is -8.64. The molecule has 0 bridgehead atoms. The fourth-order valence-electron chi connectivity index (χ4n) is 11.1. The Morgan fingerprint density at radius 2 is 0.836 bits per heavy atom. The van der Waals surface area contributed by atoms with E-state index in [0.717, 1.165) is 66.7 Å². The zero-order chi connectivity index (χ0) is 43.7. The van der Waals surface area contributed by atoms with Crippen LogP contribution in [-0.4, -0.2) is 19.1 Å². The summed E-state index contributed by atoms with van der Waals surface area (Å²) in [7, 11) is 0. The number of thiophene rings is 1. The monoisotopic (exact) mass is 868 g/mol. The molecule has 4 aromatic heterocycles. The molecule has 0 N–H and O–H groups in total. The molecule has 0 atom stereocenters. The van der Waals surface area contributed by atoms with E-state index in [1.165, 1.54) is 74.3 Å². The molecule has 15 rings (SSSR count). The molecule has 15 aromatic rings. The maximum absolute atomic E-state index is 5.45. The highest BCUT2D eigenvalue weighted by atomic mass is 32.1. The van der Waals surface area contributed by atoms with Crippen LogP contribution in [0.15, 0.2) is 218 Å². The van der Waals surface area contributed by atoms with E-state index in [-0.39, 0.29) is 0 Å². The van der Waals surface area contributed by atoms with Crippen molar-refractivity contribution >= 4 is 118 Å². The lowest BCUT2D eigenvalue weighted by atomic mass is 9.96. The summed E-state index contributed by atoms with van der Waals surface area (Å²) in [6.07, 6.45) is 0. The van der Waals surface area contributed by atoms with Crippen LogP contribution < -0.4 is 0 Å². The quantitative estimate of drug-likeness (QED) is 0.177. The van der Waals surface area contributed by atoms with Gasteiger partial charge in [0, 0.05) is 63.6 Å². The lowest BCUT2D eigenvalue weighted by Gasteiger charge is -2.16. The highest BCUT2D eigenvalue weighted by molar-refractivity contribution is 7.25. The van der Waals surface area contributed by atoms with E-state index in [1.807, 2.05) is 23.5 Å². The van der Waals surface area contributed by atoms with Gasteiger partial charge >= 0.3 is 0 Å². The summed E-state index contributed by atoms with van der Waals surface area (Å²) in [6, 6.07) is 79.7. The lowest BCUT2D eigenvalue weighted by Crippen LogP contribution is -1.99. The molecular weight excluding hydrogens is 833 g/mol. The number of nitrogens with zero attached hydrogens (tertiary/aromatic N) is 4. The third kappa shape index (κ3) is 5.34. The Morgan fingerprint density at radius 1 is 0.299 bits per heavy atom. The fraction of sp³-hybridized carbons (Fsp3) is 0. The lowest BCUT2D eigenvalue weighted by molar-refractivity contribution is 1.19. The van der Waals surface area contributed by atoms with E-state index in [4.69, 9.17) is 9.97 Å². The summed E-state index contributed by atoms with van der Waals surface area (Å²) in [4.78, 5) is 10.9. The van der Waals surface area contributed by atoms with Crippen LogP contribution >= 0.6 is 11.3 Å². The van der Waals surface area contributed by atoms with Crippen LogP contribution in [0.25, 0.3) is 141 Å². The zero-order valence-electron chi connectivity index (χ0n) is 36.0. The first-order chi connectivity index (χ1) is 33.2. The van der Waals surface area contributed by atoms with E-state index in [1.54, 1.807) is 0 Å². The maximum Gasteiger partial charge on any atom is 0.0979 e. The molecule has 310 valence electrons. The first-order valence-electron chi connectivity index (χ1n) is 22.8. The van der Waals surface area contributed by atoms with Crippen LogP contribution in [0.4, 0.5) is 0 Å². The van der Waals surface area contributed by atoms with Crippen LogP contribution in [-0.2, 0) is 0 Å². The molecule has 11 aromatic carbocycles. The number of hydrogen-bond donors (Lipinski definition) is 0. The Labute approximate surface area is 387 Å². The topological polar surface area (TPSA) is 35.6 Å². The minimum Gasteiger partial charge on any atom is -0.309 e. The largest absolute Gasteiger partial charge is 0.309 e. The van der Waals surface area contributed by atoms with Crippen molar-refractivity contribution in [1.29, 1.82) is 0 Å². The number of benzene rings is 11. The second kappa shape index (κ2) is 13.9. The zero-order valence-corrected chi connectivity index (χ0v) is 36.8. The van der Waals surface area contributed by atoms with Crippen molar-refractivity contribution in [3.05, 3.63) is 218 Å². The molecular formula is C62H36N4S. The molecule has 4 nitrogen and oxygen atoms in total. The van der Waals surface area contributed by atoms with Gasteiger partial charge in [-0.1, -0.05) is 140 Å². The molecule has 0 fully saturated rings. The fourth-order valence-corrected chi connectivity index (χ4v) is 12.1. The molecule has 67 heavy (non-hydrogen) atoms. The SMILES string of the molecule is c1ccc2cc3c(cc2c1)c1ccccc1n3-c1cccc2cc3c4ccccc4n(-c4cccc5c(-c6nc7ccccc7nc6-c6ccc7sc8ccccc8c7c6)cccc45)c3cc12. The molecule has 0 spiro atoms. The molecule has 0 saturated carbocycles. The molecule has 0 aliphatic heterocycles. The number of aromatic nitrogens is 4. The predicted octanol–water partition coefficient (Wildman–Crippen LogP) is 17.0. The Morgan fingerprint density at radius 3 is 1.61 bits per heavy atom. The van der Waals surface area contributed by atoms with Crippen LogP contribution in [0.1, 0.15) is 0 Å². The Bertz CT molecular complexity index is 4590. The van der Waals surface area contributed by atoms with Gasteiger partial charge in [0.15, 0.2) is 0 Å². The average molecular weight is 869 g/mol. The molecule has 0 amide bonds. The Kier molecular flexibility index (Phi) is 7.63. The molecule has 5 heteroatoms. The Balaban J connectivity index is 0.982. The molecule has 0 aliphatic rings. The summed E-state index contributed by atoms with van der Waals surface area (Å²) in [6.45, 7) is 0. The smallest absolute Gasteiger partial charge is 0.0979 e. The van der Waals surface area contributed by atoms with E-state index in [9.17, 15) is 0 Å². The number of hydrogen-bond acceptors (Lipinski definition) is 3. The minimum absolute atomic E-state index is 0.872. The molecule has 0 radical (unpaired) electrons. The van der Waals surface area contributed by atoms with Gasteiger partial charge in [-0.25, -0.2) is 9.97 Å². The highest BCUT2D eigenvalue weighted by Crippen LogP contribution is 2.44. The third-order valence-electron chi connectivity index (χ3n) is 14.0. The summed E-state index contributed by atoms with van der Waals surface area (Å²) in [5.74, 6) is 0. The highest BCUT2D eigenvalue weighted by Gasteiger charge is 2.22. The normalized spacial score (nSPS) is 12.2. The first kappa shape index (κ1) is 36.7. The van der Waals surface area contributed by atoms with Crippen LogP contribution in [0, 0.1) is 0 Å². The molecule has 0 unspecified atom stereocenters. The van der Waals surface area contributed by atoms with Crippen molar-refractivity contribution in [1.82, 2.24) is 19.1 Å². The summed E-state index contributed by atoms with van der Waals surface area (Å²) in [5.41, 5.74) is 12.6. The van der Waals surface area contributed by atoms with E-state index in [2.05, 4.69) is 215 Å². The van der Waals surface area contributed by atoms with Crippen LogP contribution in [0.2, 0.25) is 0 Å². The predicted molar refractivity (Wildman–Crippen MR) is 284 cm³/mol. The number of fused-ring (bicyclic) bond motifs is 13. The first-order valence-corrected chi connectivity index (χ1v) is 23.6. The van der Waals surface area contributed by atoms with Gasteiger partial charge in [-0.15, -0.1) is 11.3 Å². The van der Waals surface area contributed by atoms with Gasteiger partial charge in [0.25, 0.3) is 0 Å². The minimum atomic E-state index is 0.872. The maximum atomic E-state index is 5.45. The van der Waals surface area contributed by atoms with Gasteiger partial charge in [-0.05, 0) is 100 Å². The van der Waals surface area contributed by atoms with Gasteiger partial charge in [0.1, 0.15) is 0 Å². The average Bonchev–Trinajstić information content (AvgIpc) is 4.03. The molecule has 0 saturated heterocycles.